The molecule has 0 bridgehead atoms. The molecule has 0 spiro atoms. The Kier molecular flexibility index (Phi) is 4.61. The lowest BCUT2D eigenvalue weighted by Gasteiger charge is -2.19. The predicted octanol–water partition coefficient (Wildman–Crippen LogP) is 3.10. The Morgan fingerprint density at radius 1 is 1.33 bits per heavy atom. The Labute approximate surface area is 112 Å². The van der Waals surface area contributed by atoms with Crippen LogP contribution in [0.15, 0.2) is 18.2 Å². The van der Waals surface area contributed by atoms with E-state index in [1.165, 1.54) is 12.1 Å². The van der Waals surface area contributed by atoms with Crippen LogP contribution >= 0.6 is 11.6 Å². The first-order chi connectivity index (χ1) is 8.13. The number of hydrogen-bond donors (Lipinski definition) is 1. The summed E-state index contributed by atoms with van der Waals surface area (Å²) in [4.78, 5) is 0. The summed E-state index contributed by atoms with van der Waals surface area (Å²) in [5, 5.41) is 3.06. The normalized spacial score (nSPS) is 12.5. The number of anilines is 1. The Bertz CT molecular complexity index is 523. The molecule has 102 valence electrons. The largest absolute Gasteiger partial charge is 0.382 e. The van der Waals surface area contributed by atoms with E-state index in [0.717, 1.165) is 0 Å². The molecule has 0 unspecified atom stereocenters. The number of rotatable bonds is 4. The molecule has 0 saturated heterocycles. The number of sulfone groups is 1. The van der Waals surface area contributed by atoms with Crippen molar-refractivity contribution in [3.63, 3.8) is 0 Å². The van der Waals surface area contributed by atoms with Crippen molar-refractivity contribution in [1.82, 2.24) is 0 Å². The molecular weight excluding hydrogens is 277 g/mol. The summed E-state index contributed by atoms with van der Waals surface area (Å²) in [6.07, 6.45) is 0. The lowest BCUT2D eigenvalue weighted by molar-refractivity contribution is 0.560. The van der Waals surface area contributed by atoms with Crippen LogP contribution in [-0.4, -0.2) is 25.5 Å². The molecule has 3 nitrogen and oxygen atoms in total. The molecule has 0 atom stereocenters. The van der Waals surface area contributed by atoms with Crippen LogP contribution in [0, 0.1) is 5.82 Å². The van der Waals surface area contributed by atoms with E-state index in [-0.39, 0.29) is 18.0 Å². The summed E-state index contributed by atoms with van der Waals surface area (Å²) in [5.41, 5.74) is 0.253. The van der Waals surface area contributed by atoms with E-state index >= 15 is 0 Å². The Hall–Kier alpha value is -0.810. The molecule has 1 rings (SSSR count). The molecule has 0 aliphatic rings. The van der Waals surface area contributed by atoms with Crippen molar-refractivity contribution < 1.29 is 12.8 Å². The fourth-order valence-electron chi connectivity index (χ4n) is 1.26. The van der Waals surface area contributed by atoms with Gasteiger partial charge >= 0.3 is 0 Å². The average Bonchev–Trinajstić information content (AvgIpc) is 2.19. The molecule has 0 fully saturated rings. The first-order valence-electron chi connectivity index (χ1n) is 5.55. The monoisotopic (exact) mass is 293 g/mol. The molecular formula is C12H17ClFNO2S. The first kappa shape index (κ1) is 15.2. The predicted molar refractivity (Wildman–Crippen MR) is 73.4 cm³/mol. The van der Waals surface area contributed by atoms with Crippen LogP contribution in [-0.2, 0) is 9.84 Å². The highest BCUT2D eigenvalue weighted by atomic mass is 35.5. The molecule has 1 N–H and O–H groups in total. The van der Waals surface area contributed by atoms with Gasteiger partial charge in [0.05, 0.1) is 16.2 Å². The van der Waals surface area contributed by atoms with E-state index in [1.807, 2.05) is 0 Å². The van der Waals surface area contributed by atoms with Gasteiger partial charge in [-0.25, -0.2) is 12.8 Å². The van der Waals surface area contributed by atoms with E-state index in [9.17, 15) is 12.8 Å². The molecule has 0 aliphatic heterocycles. The molecule has 0 aromatic heterocycles. The molecule has 0 amide bonds. The van der Waals surface area contributed by atoms with Crippen LogP contribution in [0.3, 0.4) is 0 Å². The number of benzene rings is 1. The van der Waals surface area contributed by atoms with Crippen molar-refractivity contribution >= 4 is 27.1 Å². The second-order valence-electron chi connectivity index (χ2n) is 4.98. The molecule has 0 radical (unpaired) electrons. The van der Waals surface area contributed by atoms with Gasteiger partial charge < -0.3 is 5.32 Å². The van der Waals surface area contributed by atoms with Gasteiger partial charge in [-0.3, -0.25) is 0 Å². The van der Waals surface area contributed by atoms with Gasteiger partial charge in [-0.05, 0) is 39.0 Å². The van der Waals surface area contributed by atoms with Crippen LogP contribution in [0.1, 0.15) is 20.8 Å². The van der Waals surface area contributed by atoms with E-state index < -0.39 is 20.4 Å². The maximum absolute atomic E-state index is 13.4. The second kappa shape index (κ2) is 5.45. The lowest BCUT2D eigenvalue weighted by atomic mass is 10.3. The standard InChI is InChI=1S/C12H17ClFNO2S/c1-12(2,3)18(16,17)7-6-15-11-5-4-9(13)8-10(11)14/h4-5,8,15H,6-7H2,1-3H3. The van der Waals surface area contributed by atoms with Crippen LogP contribution < -0.4 is 5.32 Å². The minimum atomic E-state index is -3.20. The minimum absolute atomic E-state index is 0.0431. The summed E-state index contributed by atoms with van der Waals surface area (Å²) >= 11 is 5.62. The molecule has 0 heterocycles. The first-order valence-corrected chi connectivity index (χ1v) is 7.58. The third-order valence-corrected chi connectivity index (χ3v) is 5.39. The second-order valence-corrected chi connectivity index (χ2v) is 8.28. The van der Waals surface area contributed by atoms with Crippen molar-refractivity contribution in [1.29, 1.82) is 0 Å². The van der Waals surface area contributed by atoms with Crippen molar-refractivity contribution in [3.8, 4) is 0 Å². The van der Waals surface area contributed by atoms with Gasteiger partial charge in [0.15, 0.2) is 9.84 Å². The summed E-state index contributed by atoms with van der Waals surface area (Å²) in [5.74, 6) is -0.533. The third-order valence-electron chi connectivity index (χ3n) is 2.55. The summed E-state index contributed by atoms with van der Waals surface area (Å²) in [6.45, 7) is 5.10. The third kappa shape index (κ3) is 3.85. The van der Waals surface area contributed by atoms with Crippen LogP contribution in [0.25, 0.3) is 0 Å². The zero-order valence-corrected chi connectivity index (χ0v) is 12.2. The number of hydrogen-bond acceptors (Lipinski definition) is 3. The highest BCUT2D eigenvalue weighted by Gasteiger charge is 2.28. The lowest BCUT2D eigenvalue weighted by Crippen LogP contribution is -2.32. The number of nitrogens with one attached hydrogen (secondary N) is 1. The van der Waals surface area contributed by atoms with Gasteiger partial charge in [0.2, 0.25) is 0 Å². The minimum Gasteiger partial charge on any atom is -0.382 e. The van der Waals surface area contributed by atoms with Gasteiger partial charge in [-0.15, -0.1) is 0 Å². The summed E-state index contributed by atoms with van der Waals surface area (Å²) in [6, 6.07) is 4.22. The van der Waals surface area contributed by atoms with Crippen LogP contribution in [0.5, 0.6) is 0 Å². The van der Waals surface area contributed by atoms with Gasteiger partial charge in [0.25, 0.3) is 0 Å². The Balaban J connectivity index is 2.63. The SMILES string of the molecule is CC(C)(C)S(=O)(=O)CCNc1ccc(Cl)cc1F. The highest BCUT2D eigenvalue weighted by Crippen LogP contribution is 2.19. The molecule has 1 aromatic rings. The fourth-order valence-corrected chi connectivity index (χ4v) is 2.40. The fraction of sp³-hybridized carbons (Fsp3) is 0.500. The highest BCUT2D eigenvalue weighted by molar-refractivity contribution is 7.92. The quantitative estimate of drug-likeness (QED) is 0.928. The van der Waals surface area contributed by atoms with Crippen LogP contribution in [0.2, 0.25) is 5.02 Å². The van der Waals surface area contributed by atoms with Gasteiger partial charge in [0, 0.05) is 11.6 Å². The topological polar surface area (TPSA) is 46.2 Å². The van der Waals surface area contributed by atoms with Crippen LogP contribution in [0.4, 0.5) is 10.1 Å². The zero-order valence-electron chi connectivity index (χ0n) is 10.6. The molecule has 18 heavy (non-hydrogen) atoms. The summed E-state index contributed by atoms with van der Waals surface area (Å²) < 4.78 is 36.3. The van der Waals surface area contributed by atoms with E-state index in [1.54, 1.807) is 26.8 Å². The molecule has 6 heteroatoms. The maximum atomic E-state index is 13.4. The van der Waals surface area contributed by atoms with Gasteiger partial charge in [-0.2, -0.15) is 0 Å². The van der Waals surface area contributed by atoms with E-state index in [0.29, 0.717) is 5.02 Å². The number of halogens is 2. The van der Waals surface area contributed by atoms with Crippen molar-refractivity contribution in [2.45, 2.75) is 25.5 Å². The molecule has 1 aromatic carbocycles. The maximum Gasteiger partial charge on any atom is 0.156 e. The van der Waals surface area contributed by atoms with Crippen molar-refractivity contribution in [2.24, 2.45) is 0 Å². The Morgan fingerprint density at radius 2 is 1.94 bits per heavy atom. The van der Waals surface area contributed by atoms with E-state index in [2.05, 4.69) is 5.32 Å². The van der Waals surface area contributed by atoms with Crippen molar-refractivity contribution in [2.75, 3.05) is 17.6 Å². The zero-order chi connectivity index (χ0) is 14.0. The summed E-state index contributed by atoms with van der Waals surface area (Å²) in [7, 11) is -3.20. The van der Waals surface area contributed by atoms with Gasteiger partial charge in [0.1, 0.15) is 5.82 Å². The average molecular weight is 294 g/mol. The van der Waals surface area contributed by atoms with E-state index in [4.69, 9.17) is 11.6 Å². The molecule has 0 saturated carbocycles. The molecule has 0 aliphatic carbocycles. The van der Waals surface area contributed by atoms with Crippen molar-refractivity contribution in [3.05, 3.63) is 29.0 Å². The Morgan fingerprint density at radius 3 is 2.44 bits per heavy atom. The smallest absolute Gasteiger partial charge is 0.156 e. The van der Waals surface area contributed by atoms with Gasteiger partial charge in [-0.1, -0.05) is 11.6 Å².